The zero-order valence-corrected chi connectivity index (χ0v) is 11.9. The van der Waals surface area contributed by atoms with Gasteiger partial charge < -0.3 is 10.3 Å². The molecule has 21 heavy (non-hydrogen) atoms. The zero-order chi connectivity index (χ0) is 14.8. The molecular weight excluding hydrogens is 262 g/mol. The normalized spacial score (nSPS) is 11.0. The maximum absolute atomic E-state index is 12.4. The SMILES string of the molecule is Cc1ccc(CN)c(=O)n1Cc1cccc2cccnc12. The summed E-state index contributed by atoms with van der Waals surface area (Å²) in [4.78, 5) is 16.9. The van der Waals surface area contributed by atoms with Crippen LogP contribution in [0.15, 0.2) is 53.5 Å². The molecule has 0 unspecified atom stereocenters. The number of nitrogens with zero attached hydrogens (tertiary/aromatic N) is 2. The summed E-state index contributed by atoms with van der Waals surface area (Å²) in [5.74, 6) is 0. The molecule has 0 aliphatic carbocycles. The number of nitrogens with two attached hydrogens (primary N) is 1. The average Bonchev–Trinajstić information content (AvgIpc) is 2.52. The van der Waals surface area contributed by atoms with Crippen molar-refractivity contribution in [1.29, 1.82) is 0 Å². The molecule has 1 aromatic carbocycles. The number of fused-ring (bicyclic) bond motifs is 1. The second-order valence-electron chi connectivity index (χ2n) is 5.09. The molecule has 2 aromatic heterocycles. The fourth-order valence-electron chi connectivity index (χ4n) is 2.53. The minimum absolute atomic E-state index is 0.0227. The van der Waals surface area contributed by atoms with Crippen LogP contribution in [-0.4, -0.2) is 9.55 Å². The van der Waals surface area contributed by atoms with Gasteiger partial charge >= 0.3 is 0 Å². The van der Waals surface area contributed by atoms with Crippen LogP contribution in [0, 0.1) is 6.92 Å². The van der Waals surface area contributed by atoms with Gasteiger partial charge in [0.1, 0.15) is 0 Å². The maximum atomic E-state index is 12.4. The molecular formula is C17H17N3O. The van der Waals surface area contributed by atoms with Crippen molar-refractivity contribution < 1.29 is 0 Å². The van der Waals surface area contributed by atoms with Gasteiger partial charge in [-0.25, -0.2) is 0 Å². The van der Waals surface area contributed by atoms with E-state index in [9.17, 15) is 4.79 Å². The smallest absolute Gasteiger partial charge is 0.255 e. The average molecular weight is 279 g/mol. The molecule has 106 valence electrons. The lowest BCUT2D eigenvalue weighted by Gasteiger charge is -2.13. The standard InChI is InChI=1S/C17H17N3O/c1-12-7-8-14(10-18)17(21)20(12)11-15-5-2-4-13-6-3-9-19-16(13)15/h2-9H,10-11,18H2,1H3. The van der Waals surface area contributed by atoms with Gasteiger partial charge in [0.2, 0.25) is 0 Å². The van der Waals surface area contributed by atoms with E-state index < -0.39 is 0 Å². The molecule has 4 nitrogen and oxygen atoms in total. The minimum atomic E-state index is -0.0227. The van der Waals surface area contributed by atoms with E-state index in [-0.39, 0.29) is 12.1 Å². The van der Waals surface area contributed by atoms with Gasteiger partial charge in [0.05, 0.1) is 12.1 Å². The van der Waals surface area contributed by atoms with Gasteiger partial charge in [0.15, 0.2) is 0 Å². The van der Waals surface area contributed by atoms with Crippen LogP contribution in [0.1, 0.15) is 16.8 Å². The summed E-state index contributed by atoms with van der Waals surface area (Å²) < 4.78 is 1.76. The van der Waals surface area contributed by atoms with Crippen LogP contribution in [0.5, 0.6) is 0 Å². The Hall–Kier alpha value is -2.46. The van der Waals surface area contributed by atoms with Crippen LogP contribution in [0.2, 0.25) is 0 Å². The maximum Gasteiger partial charge on any atom is 0.255 e. The second kappa shape index (κ2) is 5.50. The molecule has 0 fully saturated rings. The lowest BCUT2D eigenvalue weighted by Crippen LogP contribution is -2.27. The highest BCUT2D eigenvalue weighted by molar-refractivity contribution is 5.81. The van der Waals surface area contributed by atoms with Crippen LogP contribution in [-0.2, 0) is 13.1 Å². The van der Waals surface area contributed by atoms with Crippen molar-refractivity contribution >= 4 is 10.9 Å². The molecule has 0 spiro atoms. The third-order valence-electron chi connectivity index (χ3n) is 3.74. The van der Waals surface area contributed by atoms with Gasteiger partial charge in [-0.3, -0.25) is 9.78 Å². The number of para-hydroxylation sites is 1. The Morgan fingerprint density at radius 1 is 1.10 bits per heavy atom. The fraction of sp³-hybridized carbons (Fsp3) is 0.176. The molecule has 2 heterocycles. The first-order chi connectivity index (χ1) is 10.2. The van der Waals surface area contributed by atoms with E-state index in [1.807, 2.05) is 43.3 Å². The van der Waals surface area contributed by atoms with Crippen molar-refractivity contribution in [2.45, 2.75) is 20.0 Å². The topological polar surface area (TPSA) is 60.9 Å². The van der Waals surface area contributed by atoms with Crippen molar-refractivity contribution in [3.63, 3.8) is 0 Å². The molecule has 3 rings (SSSR count). The molecule has 4 heteroatoms. The summed E-state index contributed by atoms with van der Waals surface area (Å²) in [5.41, 5.74) is 9.13. The van der Waals surface area contributed by atoms with Crippen LogP contribution in [0.25, 0.3) is 10.9 Å². The predicted molar refractivity (Wildman–Crippen MR) is 84.2 cm³/mol. The summed E-state index contributed by atoms with van der Waals surface area (Å²) in [7, 11) is 0. The fourth-order valence-corrected chi connectivity index (χ4v) is 2.53. The van der Waals surface area contributed by atoms with Gasteiger partial charge in [0, 0.05) is 29.4 Å². The third kappa shape index (κ3) is 2.45. The van der Waals surface area contributed by atoms with Crippen molar-refractivity contribution in [2.24, 2.45) is 5.73 Å². The highest BCUT2D eigenvalue weighted by Gasteiger charge is 2.08. The van der Waals surface area contributed by atoms with Gasteiger partial charge in [-0.15, -0.1) is 0 Å². The predicted octanol–water partition coefficient (Wildman–Crippen LogP) is 2.21. The summed E-state index contributed by atoms with van der Waals surface area (Å²) in [6.07, 6.45) is 1.78. The highest BCUT2D eigenvalue weighted by Crippen LogP contribution is 2.17. The lowest BCUT2D eigenvalue weighted by atomic mass is 10.1. The molecule has 2 N–H and O–H groups in total. The number of pyridine rings is 2. The Balaban J connectivity index is 2.13. The molecule has 0 aliphatic heterocycles. The van der Waals surface area contributed by atoms with Crippen LogP contribution >= 0.6 is 0 Å². The van der Waals surface area contributed by atoms with Crippen molar-refractivity contribution in [3.8, 4) is 0 Å². The molecule has 0 amide bonds. The molecule has 0 bridgehead atoms. The number of benzene rings is 1. The molecule has 0 saturated heterocycles. The van der Waals surface area contributed by atoms with Gasteiger partial charge in [0.25, 0.3) is 5.56 Å². The van der Waals surface area contributed by atoms with E-state index in [4.69, 9.17) is 5.73 Å². The van der Waals surface area contributed by atoms with Crippen LogP contribution in [0.3, 0.4) is 0 Å². The van der Waals surface area contributed by atoms with E-state index in [0.717, 1.165) is 22.2 Å². The monoisotopic (exact) mass is 279 g/mol. The number of aryl methyl sites for hydroxylation is 1. The second-order valence-corrected chi connectivity index (χ2v) is 5.09. The lowest BCUT2D eigenvalue weighted by molar-refractivity contribution is 0.719. The first-order valence-corrected chi connectivity index (χ1v) is 6.92. The molecule has 0 radical (unpaired) electrons. The molecule has 3 aromatic rings. The van der Waals surface area contributed by atoms with E-state index >= 15 is 0 Å². The Bertz CT molecular complexity index is 847. The Kier molecular flexibility index (Phi) is 3.54. The first kappa shape index (κ1) is 13.5. The third-order valence-corrected chi connectivity index (χ3v) is 3.74. The number of rotatable bonds is 3. The van der Waals surface area contributed by atoms with Gasteiger partial charge in [-0.2, -0.15) is 0 Å². The van der Waals surface area contributed by atoms with E-state index in [1.54, 1.807) is 16.8 Å². The molecule has 0 atom stereocenters. The Morgan fingerprint density at radius 3 is 2.71 bits per heavy atom. The summed E-state index contributed by atoms with van der Waals surface area (Å²) in [6.45, 7) is 2.69. The quantitative estimate of drug-likeness (QED) is 0.799. The highest BCUT2D eigenvalue weighted by atomic mass is 16.1. The Morgan fingerprint density at radius 2 is 1.90 bits per heavy atom. The molecule has 0 aliphatic rings. The molecule has 0 saturated carbocycles. The van der Waals surface area contributed by atoms with Gasteiger partial charge in [-0.1, -0.05) is 30.3 Å². The van der Waals surface area contributed by atoms with Crippen molar-refractivity contribution in [2.75, 3.05) is 0 Å². The van der Waals surface area contributed by atoms with Crippen molar-refractivity contribution in [1.82, 2.24) is 9.55 Å². The van der Waals surface area contributed by atoms with E-state index in [1.165, 1.54) is 0 Å². The Labute approximate surface area is 122 Å². The summed E-state index contributed by atoms with van der Waals surface area (Å²) in [5, 5.41) is 1.08. The van der Waals surface area contributed by atoms with Crippen LogP contribution < -0.4 is 11.3 Å². The number of hydrogen-bond acceptors (Lipinski definition) is 3. The minimum Gasteiger partial charge on any atom is -0.326 e. The summed E-state index contributed by atoms with van der Waals surface area (Å²) in [6, 6.07) is 13.7. The van der Waals surface area contributed by atoms with Gasteiger partial charge in [-0.05, 0) is 24.6 Å². The van der Waals surface area contributed by atoms with E-state index in [0.29, 0.717) is 12.1 Å². The van der Waals surface area contributed by atoms with Crippen molar-refractivity contribution in [3.05, 3.63) is 75.8 Å². The zero-order valence-electron chi connectivity index (χ0n) is 11.9. The number of aromatic nitrogens is 2. The first-order valence-electron chi connectivity index (χ1n) is 6.92. The largest absolute Gasteiger partial charge is 0.326 e. The van der Waals surface area contributed by atoms with E-state index in [2.05, 4.69) is 4.98 Å². The van der Waals surface area contributed by atoms with Crippen LogP contribution in [0.4, 0.5) is 0 Å². The summed E-state index contributed by atoms with van der Waals surface area (Å²) >= 11 is 0. The number of hydrogen-bond donors (Lipinski definition) is 1.